The first kappa shape index (κ1) is 16.5. The van der Waals surface area contributed by atoms with Crippen LogP contribution in [0.1, 0.15) is 38.5 Å². The summed E-state index contributed by atoms with van der Waals surface area (Å²) >= 11 is 0. The lowest BCUT2D eigenvalue weighted by Gasteiger charge is -2.40. The minimum atomic E-state index is -3.45. The van der Waals surface area contributed by atoms with Crippen LogP contribution < -0.4 is 4.72 Å². The minimum Gasteiger partial charge on any atom is -0.373 e. The molecule has 0 radical (unpaired) electrons. The van der Waals surface area contributed by atoms with Gasteiger partial charge in [-0.2, -0.15) is 0 Å². The Balaban J connectivity index is 1.42. The molecule has 132 valence electrons. The van der Waals surface area contributed by atoms with Crippen molar-refractivity contribution in [2.75, 3.05) is 19.7 Å². The second-order valence-corrected chi connectivity index (χ2v) is 9.17. The molecule has 1 aliphatic carbocycles. The highest BCUT2D eigenvalue weighted by Gasteiger charge is 2.46. The first-order chi connectivity index (χ1) is 11.6. The van der Waals surface area contributed by atoms with Crippen molar-refractivity contribution in [2.45, 2.75) is 61.1 Å². The predicted octanol–water partition coefficient (Wildman–Crippen LogP) is 2.14. The van der Waals surface area contributed by atoms with E-state index < -0.39 is 10.0 Å². The summed E-state index contributed by atoms with van der Waals surface area (Å²) in [5.41, 5.74) is -0.155. The molecule has 6 heteroatoms. The molecule has 2 saturated heterocycles. The summed E-state index contributed by atoms with van der Waals surface area (Å²) in [6.45, 7) is 2.69. The van der Waals surface area contributed by atoms with E-state index in [0.717, 1.165) is 38.4 Å². The van der Waals surface area contributed by atoms with Gasteiger partial charge in [0, 0.05) is 31.8 Å². The Hall–Kier alpha value is -0.950. The van der Waals surface area contributed by atoms with Gasteiger partial charge in [-0.05, 0) is 44.2 Å². The number of nitrogens with zero attached hydrogens (tertiary/aromatic N) is 1. The molecule has 1 aromatic rings. The molecular weight excluding hydrogens is 324 g/mol. The highest BCUT2D eigenvalue weighted by molar-refractivity contribution is 7.89. The maximum atomic E-state index is 12.6. The van der Waals surface area contributed by atoms with Gasteiger partial charge in [0.25, 0.3) is 0 Å². The number of hydrogen-bond donors (Lipinski definition) is 1. The maximum Gasteiger partial charge on any atom is 0.240 e. The van der Waals surface area contributed by atoms with Crippen molar-refractivity contribution in [1.82, 2.24) is 9.62 Å². The summed E-state index contributed by atoms with van der Waals surface area (Å²) in [6.07, 6.45) is 6.50. The Labute approximate surface area is 144 Å². The largest absolute Gasteiger partial charge is 0.373 e. The fourth-order valence-corrected chi connectivity index (χ4v) is 5.53. The summed E-state index contributed by atoms with van der Waals surface area (Å²) in [4.78, 5) is 2.89. The van der Waals surface area contributed by atoms with Gasteiger partial charge in [-0.3, -0.25) is 4.90 Å². The first-order valence-corrected chi connectivity index (χ1v) is 10.5. The number of rotatable bonds is 4. The van der Waals surface area contributed by atoms with E-state index in [0.29, 0.717) is 11.5 Å². The molecule has 5 nitrogen and oxygen atoms in total. The molecule has 4 rings (SSSR count). The summed E-state index contributed by atoms with van der Waals surface area (Å²) in [7, 11) is -3.45. The lowest BCUT2D eigenvalue weighted by atomic mass is 9.89. The summed E-state index contributed by atoms with van der Waals surface area (Å²) in [5, 5.41) is 0. The SMILES string of the molecule is O=S(=O)(N[C@@H]1CCO[C@]2(CCN(C3CCC3)C2)C1)c1ccccc1. The standard InChI is InChI=1S/C18H26N2O3S/c21-24(22,17-7-2-1-3-8-17)19-15-9-12-23-18(13-15)10-11-20(14-18)16-5-4-6-16/h1-3,7-8,15-16,19H,4-6,9-14H2/t15-,18-/m1/s1. The molecule has 3 fully saturated rings. The smallest absolute Gasteiger partial charge is 0.240 e. The van der Waals surface area contributed by atoms with Crippen molar-refractivity contribution < 1.29 is 13.2 Å². The van der Waals surface area contributed by atoms with E-state index in [2.05, 4.69) is 9.62 Å². The first-order valence-electron chi connectivity index (χ1n) is 9.02. The zero-order valence-corrected chi connectivity index (χ0v) is 14.8. The van der Waals surface area contributed by atoms with Gasteiger partial charge in [-0.15, -0.1) is 0 Å². The molecule has 1 N–H and O–H groups in total. The average Bonchev–Trinajstić information content (AvgIpc) is 2.89. The van der Waals surface area contributed by atoms with Gasteiger partial charge in [0.15, 0.2) is 0 Å². The topological polar surface area (TPSA) is 58.6 Å². The maximum absolute atomic E-state index is 12.6. The number of nitrogens with one attached hydrogen (secondary N) is 1. The molecule has 1 aromatic carbocycles. The monoisotopic (exact) mass is 350 g/mol. The van der Waals surface area contributed by atoms with E-state index in [1.807, 2.05) is 6.07 Å². The zero-order valence-electron chi connectivity index (χ0n) is 14.0. The van der Waals surface area contributed by atoms with Crippen LogP contribution in [-0.2, 0) is 14.8 Å². The summed E-state index contributed by atoms with van der Waals surface area (Å²) < 4.78 is 34.2. The van der Waals surface area contributed by atoms with Crippen LogP contribution in [-0.4, -0.2) is 50.7 Å². The second kappa shape index (κ2) is 6.41. The van der Waals surface area contributed by atoms with E-state index in [1.54, 1.807) is 24.3 Å². The molecule has 2 aliphatic heterocycles. The van der Waals surface area contributed by atoms with Gasteiger partial charge >= 0.3 is 0 Å². The second-order valence-electron chi connectivity index (χ2n) is 7.46. The lowest BCUT2D eigenvalue weighted by molar-refractivity contribution is -0.0808. The van der Waals surface area contributed by atoms with Gasteiger partial charge < -0.3 is 4.74 Å². The third kappa shape index (κ3) is 3.25. The van der Waals surface area contributed by atoms with E-state index >= 15 is 0 Å². The van der Waals surface area contributed by atoms with Crippen molar-refractivity contribution in [1.29, 1.82) is 0 Å². The summed E-state index contributed by atoms with van der Waals surface area (Å²) in [5.74, 6) is 0. The number of ether oxygens (including phenoxy) is 1. The Bertz CT molecular complexity index is 675. The van der Waals surface area contributed by atoms with E-state index in [-0.39, 0.29) is 11.6 Å². The van der Waals surface area contributed by atoms with Crippen molar-refractivity contribution >= 4 is 10.0 Å². The van der Waals surface area contributed by atoms with Crippen LogP contribution in [0.25, 0.3) is 0 Å². The molecule has 2 atom stereocenters. The number of sulfonamides is 1. The quantitative estimate of drug-likeness (QED) is 0.904. The average molecular weight is 350 g/mol. The van der Waals surface area contributed by atoms with Gasteiger partial charge in [0.05, 0.1) is 10.5 Å². The normalized spacial score (nSPS) is 32.1. The molecular formula is C18H26N2O3S. The molecule has 0 bridgehead atoms. The molecule has 0 unspecified atom stereocenters. The van der Waals surface area contributed by atoms with E-state index in [9.17, 15) is 8.42 Å². The van der Waals surface area contributed by atoms with Crippen molar-refractivity contribution in [3.63, 3.8) is 0 Å². The van der Waals surface area contributed by atoms with E-state index in [1.165, 1.54) is 19.3 Å². The van der Waals surface area contributed by atoms with Gasteiger partial charge in [-0.1, -0.05) is 24.6 Å². The highest BCUT2D eigenvalue weighted by atomic mass is 32.2. The van der Waals surface area contributed by atoms with Crippen LogP contribution in [0.2, 0.25) is 0 Å². The Kier molecular flexibility index (Phi) is 4.41. The fourth-order valence-electron chi connectivity index (χ4n) is 4.24. The van der Waals surface area contributed by atoms with Crippen LogP contribution in [0.15, 0.2) is 35.2 Å². The Morgan fingerprint density at radius 3 is 2.67 bits per heavy atom. The predicted molar refractivity (Wildman–Crippen MR) is 92.3 cm³/mol. The van der Waals surface area contributed by atoms with Gasteiger partial charge in [-0.25, -0.2) is 13.1 Å². The van der Waals surface area contributed by atoms with Crippen molar-refractivity contribution in [2.24, 2.45) is 0 Å². The van der Waals surface area contributed by atoms with Crippen LogP contribution >= 0.6 is 0 Å². The fraction of sp³-hybridized carbons (Fsp3) is 0.667. The van der Waals surface area contributed by atoms with Crippen molar-refractivity contribution in [3.05, 3.63) is 30.3 Å². The molecule has 1 spiro atoms. The van der Waals surface area contributed by atoms with Gasteiger partial charge in [0.2, 0.25) is 10.0 Å². The molecule has 3 aliphatic rings. The minimum absolute atomic E-state index is 0.0368. The van der Waals surface area contributed by atoms with Crippen LogP contribution in [0, 0.1) is 0 Å². The molecule has 1 saturated carbocycles. The number of benzene rings is 1. The lowest BCUT2D eigenvalue weighted by Crippen LogP contribution is -2.51. The third-order valence-corrected chi connectivity index (χ3v) is 7.34. The van der Waals surface area contributed by atoms with E-state index in [4.69, 9.17) is 4.74 Å². The summed E-state index contributed by atoms with van der Waals surface area (Å²) in [6, 6.07) is 9.33. The molecule has 0 amide bonds. The van der Waals surface area contributed by atoms with Crippen LogP contribution in [0.4, 0.5) is 0 Å². The molecule has 24 heavy (non-hydrogen) atoms. The zero-order chi connectivity index (χ0) is 16.6. The number of likely N-dealkylation sites (tertiary alicyclic amines) is 1. The molecule has 2 heterocycles. The Morgan fingerprint density at radius 1 is 1.17 bits per heavy atom. The van der Waals surface area contributed by atoms with Crippen LogP contribution in [0.5, 0.6) is 0 Å². The van der Waals surface area contributed by atoms with Gasteiger partial charge in [0.1, 0.15) is 0 Å². The van der Waals surface area contributed by atoms with Crippen molar-refractivity contribution in [3.8, 4) is 0 Å². The Morgan fingerprint density at radius 2 is 1.96 bits per heavy atom. The third-order valence-electron chi connectivity index (χ3n) is 5.81. The number of hydrogen-bond acceptors (Lipinski definition) is 4. The van der Waals surface area contributed by atoms with Crippen LogP contribution in [0.3, 0.4) is 0 Å². The molecule has 0 aromatic heterocycles. The highest BCUT2D eigenvalue weighted by Crippen LogP contribution is 2.38.